The van der Waals surface area contributed by atoms with Crippen molar-refractivity contribution >= 4 is 17.8 Å². The van der Waals surface area contributed by atoms with E-state index < -0.39 is 12.0 Å². The molecule has 1 rings (SSSR count). The lowest BCUT2D eigenvalue weighted by molar-refractivity contribution is -0.152. The van der Waals surface area contributed by atoms with Gasteiger partial charge in [-0.1, -0.05) is 6.42 Å². The van der Waals surface area contributed by atoms with E-state index in [9.17, 15) is 14.4 Å². The monoisotopic (exact) mass is 284 g/mol. The van der Waals surface area contributed by atoms with Gasteiger partial charge >= 0.3 is 5.97 Å². The predicted molar refractivity (Wildman–Crippen MR) is 74.1 cm³/mol. The fraction of sp³-hybridized carbons (Fsp3) is 0.786. The molecule has 0 aromatic rings. The third-order valence-electron chi connectivity index (χ3n) is 3.55. The Morgan fingerprint density at radius 1 is 1.20 bits per heavy atom. The summed E-state index contributed by atoms with van der Waals surface area (Å²) in [5, 5.41) is 11.8. The van der Waals surface area contributed by atoms with Crippen LogP contribution in [0.4, 0.5) is 0 Å². The van der Waals surface area contributed by atoms with E-state index >= 15 is 0 Å². The van der Waals surface area contributed by atoms with Gasteiger partial charge < -0.3 is 15.3 Å². The summed E-state index contributed by atoms with van der Waals surface area (Å²) in [6, 6.07) is -0.643. The highest BCUT2D eigenvalue weighted by Crippen LogP contribution is 2.19. The summed E-state index contributed by atoms with van der Waals surface area (Å²) in [7, 11) is 0. The standard InChI is InChI=1S/C14H24N2O4/c1-11(17)15-9-5-2-3-8-13(18)16-10-6-4-7-12(16)14(19)20/h12H,2-10H2,1H3,(H,15,17)(H,19,20). The average Bonchev–Trinajstić information content (AvgIpc) is 2.42. The van der Waals surface area contributed by atoms with Gasteiger partial charge in [-0.25, -0.2) is 4.79 Å². The number of hydrogen-bond donors (Lipinski definition) is 2. The van der Waals surface area contributed by atoms with Gasteiger partial charge in [0, 0.05) is 26.4 Å². The first kappa shape index (κ1) is 16.5. The zero-order valence-electron chi connectivity index (χ0n) is 12.1. The number of carboxylic acid groups (broad SMARTS) is 1. The molecule has 1 saturated heterocycles. The molecule has 0 bridgehead atoms. The third kappa shape index (κ3) is 5.59. The topological polar surface area (TPSA) is 86.7 Å². The number of carbonyl (C=O) groups excluding carboxylic acids is 2. The summed E-state index contributed by atoms with van der Waals surface area (Å²) in [5.74, 6) is -1.00. The van der Waals surface area contributed by atoms with Crippen LogP contribution in [0.5, 0.6) is 0 Å². The van der Waals surface area contributed by atoms with Crippen molar-refractivity contribution in [1.82, 2.24) is 10.2 Å². The van der Waals surface area contributed by atoms with Crippen LogP contribution in [0.3, 0.4) is 0 Å². The van der Waals surface area contributed by atoms with Crippen molar-refractivity contribution in [3.63, 3.8) is 0 Å². The van der Waals surface area contributed by atoms with E-state index in [2.05, 4.69) is 5.32 Å². The van der Waals surface area contributed by atoms with Gasteiger partial charge in [-0.3, -0.25) is 9.59 Å². The van der Waals surface area contributed by atoms with Gasteiger partial charge in [-0.15, -0.1) is 0 Å². The van der Waals surface area contributed by atoms with Crippen molar-refractivity contribution in [2.24, 2.45) is 0 Å². The Bertz CT molecular complexity index is 357. The quantitative estimate of drug-likeness (QED) is 0.687. The zero-order valence-corrected chi connectivity index (χ0v) is 12.1. The lowest BCUT2D eigenvalue weighted by atomic mass is 10.0. The average molecular weight is 284 g/mol. The molecule has 6 nitrogen and oxygen atoms in total. The Morgan fingerprint density at radius 3 is 2.60 bits per heavy atom. The van der Waals surface area contributed by atoms with Gasteiger partial charge in [0.2, 0.25) is 11.8 Å². The largest absolute Gasteiger partial charge is 0.480 e. The molecule has 1 heterocycles. The van der Waals surface area contributed by atoms with Crippen LogP contribution in [0.1, 0.15) is 51.9 Å². The van der Waals surface area contributed by atoms with Gasteiger partial charge in [0.05, 0.1) is 0 Å². The van der Waals surface area contributed by atoms with Crippen molar-refractivity contribution in [2.75, 3.05) is 13.1 Å². The molecule has 0 aliphatic carbocycles. The Hall–Kier alpha value is -1.59. The summed E-state index contributed by atoms with van der Waals surface area (Å²) in [6.07, 6.45) is 5.15. The maximum Gasteiger partial charge on any atom is 0.326 e. The highest BCUT2D eigenvalue weighted by Gasteiger charge is 2.31. The van der Waals surface area contributed by atoms with E-state index in [0.717, 1.165) is 32.1 Å². The molecule has 0 saturated carbocycles. The molecule has 2 N–H and O–H groups in total. The molecule has 1 atom stereocenters. The molecule has 1 unspecified atom stereocenters. The number of amides is 2. The summed E-state index contributed by atoms with van der Waals surface area (Å²) in [6.45, 7) is 2.67. The molecular weight excluding hydrogens is 260 g/mol. The van der Waals surface area contributed by atoms with Crippen LogP contribution in [-0.2, 0) is 14.4 Å². The van der Waals surface area contributed by atoms with Gasteiger partial charge in [-0.2, -0.15) is 0 Å². The van der Waals surface area contributed by atoms with Gasteiger partial charge in [0.25, 0.3) is 0 Å². The first-order chi connectivity index (χ1) is 9.52. The van der Waals surface area contributed by atoms with Gasteiger partial charge in [0.1, 0.15) is 6.04 Å². The number of nitrogens with one attached hydrogen (secondary N) is 1. The van der Waals surface area contributed by atoms with E-state index in [4.69, 9.17) is 5.11 Å². The predicted octanol–water partition coefficient (Wildman–Crippen LogP) is 1.15. The first-order valence-corrected chi connectivity index (χ1v) is 7.29. The molecule has 6 heteroatoms. The van der Waals surface area contributed by atoms with Crippen molar-refractivity contribution < 1.29 is 19.5 Å². The van der Waals surface area contributed by atoms with Crippen molar-refractivity contribution in [2.45, 2.75) is 57.9 Å². The molecule has 114 valence electrons. The summed E-state index contributed by atoms with van der Waals surface area (Å²) >= 11 is 0. The number of carboxylic acids is 1. The molecule has 2 amide bonds. The Labute approximate surface area is 119 Å². The van der Waals surface area contributed by atoms with Crippen LogP contribution in [0.15, 0.2) is 0 Å². The van der Waals surface area contributed by atoms with Crippen molar-refractivity contribution in [3.8, 4) is 0 Å². The molecule has 20 heavy (non-hydrogen) atoms. The van der Waals surface area contributed by atoms with E-state index in [1.165, 1.54) is 11.8 Å². The number of hydrogen-bond acceptors (Lipinski definition) is 3. The molecule has 1 aliphatic heterocycles. The van der Waals surface area contributed by atoms with Crippen LogP contribution in [0.2, 0.25) is 0 Å². The number of aliphatic carboxylic acids is 1. The minimum atomic E-state index is -0.899. The molecule has 0 radical (unpaired) electrons. The molecule has 1 aliphatic rings. The van der Waals surface area contributed by atoms with Gasteiger partial charge in [0.15, 0.2) is 0 Å². The number of carbonyl (C=O) groups is 3. The van der Waals surface area contributed by atoms with Crippen LogP contribution < -0.4 is 5.32 Å². The third-order valence-corrected chi connectivity index (χ3v) is 3.55. The fourth-order valence-corrected chi connectivity index (χ4v) is 2.47. The van der Waals surface area contributed by atoms with E-state index in [0.29, 0.717) is 25.9 Å². The van der Waals surface area contributed by atoms with Crippen molar-refractivity contribution in [3.05, 3.63) is 0 Å². The first-order valence-electron chi connectivity index (χ1n) is 7.29. The maximum absolute atomic E-state index is 12.0. The summed E-state index contributed by atoms with van der Waals surface area (Å²) < 4.78 is 0. The molecule has 0 spiro atoms. The van der Waals surface area contributed by atoms with Crippen LogP contribution >= 0.6 is 0 Å². The smallest absolute Gasteiger partial charge is 0.326 e. The van der Waals surface area contributed by atoms with E-state index in [1.54, 1.807) is 0 Å². The second-order valence-corrected chi connectivity index (χ2v) is 5.23. The summed E-state index contributed by atoms with van der Waals surface area (Å²) in [5.41, 5.74) is 0. The molecule has 1 fully saturated rings. The normalized spacial score (nSPS) is 18.6. The minimum absolute atomic E-state index is 0.0429. The SMILES string of the molecule is CC(=O)NCCCCCC(=O)N1CCCCC1C(=O)O. The highest BCUT2D eigenvalue weighted by molar-refractivity contribution is 5.83. The second kappa shape index (κ2) is 8.55. The Morgan fingerprint density at radius 2 is 1.95 bits per heavy atom. The number of likely N-dealkylation sites (tertiary alicyclic amines) is 1. The second-order valence-electron chi connectivity index (χ2n) is 5.23. The highest BCUT2D eigenvalue weighted by atomic mass is 16.4. The molecule has 0 aromatic carbocycles. The zero-order chi connectivity index (χ0) is 15.0. The Kier molecular flexibility index (Phi) is 7.04. The number of piperidine rings is 1. The van der Waals surface area contributed by atoms with E-state index in [1.807, 2.05) is 0 Å². The lowest BCUT2D eigenvalue weighted by Crippen LogP contribution is -2.47. The van der Waals surface area contributed by atoms with Crippen LogP contribution in [-0.4, -0.2) is 46.9 Å². The number of nitrogens with zero attached hydrogens (tertiary/aromatic N) is 1. The minimum Gasteiger partial charge on any atom is -0.480 e. The van der Waals surface area contributed by atoms with Gasteiger partial charge in [-0.05, 0) is 32.1 Å². The number of rotatable bonds is 7. The van der Waals surface area contributed by atoms with Crippen molar-refractivity contribution in [1.29, 1.82) is 0 Å². The van der Waals surface area contributed by atoms with E-state index in [-0.39, 0.29) is 11.8 Å². The number of unbranched alkanes of at least 4 members (excludes halogenated alkanes) is 2. The Balaban J connectivity index is 2.23. The summed E-state index contributed by atoms with van der Waals surface area (Å²) in [4.78, 5) is 35.3. The fourth-order valence-electron chi connectivity index (χ4n) is 2.47. The molecular formula is C14H24N2O4. The lowest BCUT2D eigenvalue weighted by Gasteiger charge is -2.33. The molecule has 0 aromatic heterocycles. The maximum atomic E-state index is 12.0. The van der Waals surface area contributed by atoms with Crippen LogP contribution in [0.25, 0.3) is 0 Å². The van der Waals surface area contributed by atoms with Crippen LogP contribution in [0, 0.1) is 0 Å².